The van der Waals surface area contributed by atoms with Crippen LogP contribution < -0.4 is 44.4 Å². The van der Waals surface area contributed by atoms with E-state index >= 15 is 0 Å². The summed E-state index contributed by atoms with van der Waals surface area (Å²) in [7, 11) is -6.33. The van der Waals surface area contributed by atoms with Gasteiger partial charge in [-0.3, -0.25) is 9.59 Å². The van der Waals surface area contributed by atoms with Crippen molar-refractivity contribution in [3.05, 3.63) is 82.6 Å². The zero-order chi connectivity index (χ0) is 61.0. The number of amides is 2. The van der Waals surface area contributed by atoms with Crippen LogP contribution in [0.2, 0.25) is 0 Å². The van der Waals surface area contributed by atoms with Crippen molar-refractivity contribution in [2.75, 3.05) is 163 Å². The first kappa shape index (κ1) is 73.4. The normalized spacial score (nSPS) is 16.1. The maximum absolute atomic E-state index is 13.0. The number of ether oxygens (including phenoxy) is 10. The number of hydrogen-bond donors (Lipinski definition) is 0. The molecule has 1 fully saturated rings. The Morgan fingerprint density at radius 2 is 1.20 bits per heavy atom. The molecule has 3 heterocycles. The maximum atomic E-state index is 13.0. The van der Waals surface area contributed by atoms with Gasteiger partial charge < -0.3 is 70.6 Å². The molecule has 1 unspecified atom stereocenters. The van der Waals surface area contributed by atoms with E-state index < -0.39 is 59.5 Å². The molecule has 0 N–H and O–H groups in total. The number of rotatable bonds is 42. The number of anilines is 1. The Balaban J connectivity index is 0.0000155. The van der Waals surface area contributed by atoms with E-state index in [0.717, 1.165) is 16.5 Å². The van der Waals surface area contributed by atoms with Crippen LogP contribution in [0.1, 0.15) is 83.1 Å². The molecule has 3 aliphatic heterocycles. The van der Waals surface area contributed by atoms with Crippen LogP contribution in [0.5, 0.6) is 0 Å². The first-order valence-electron chi connectivity index (χ1n) is 28.2. The summed E-state index contributed by atoms with van der Waals surface area (Å²) in [5.41, 5.74) is 1.38. The van der Waals surface area contributed by atoms with Crippen molar-refractivity contribution in [2.45, 2.75) is 81.9 Å². The number of hydroxylamine groups is 2. The van der Waals surface area contributed by atoms with Gasteiger partial charge in [0.25, 0.3) is 11.8 Å². The molecule has 1 atom stereocenters. The predicted octanol–water partition coefficient (Wildman–Crippen LogP) is 1.18. The molecule has 4 aliphatic rings. The number of imide groups is 1. The van der Waals surface area contributed by atoms with Crippen LogP contribution in [0.4, 0.5) is 5.69 Å². The summed E-state index contributed by atoms with van der Waals surface area (Å²) in [6, 6.07) is 11.8. The fourth-order valence-corrected chi connectivity index (χ4v) is 10.1. The molecule has 27 heteroatoms. The van der Waals surface area contributed by atoms with Gasteiger partial charge in [0.05, 0.1) is 127 Å². The van der Waals surface area contributed by atoms with Gasteiger partial charge in [-0.2, -0.15) is 0 Å². The molecule has 470 valence electrons. The second kappa shape index (κ2) is 37.7. The third-order valence-corrected chi connectivity index (χ3v) is 15.2. The minimum absolute atomic E-state index is 0. The van der Waals surface area contributed by atoms with Crippen molar-refractivity contribution in [1.29, 1.82) is 0 Å². The van der Waals surface area contributed by atoms with E-state index in [9.17, 15) is 40.3 Å². The number of nitrogens with zero attached hydrogens (tertiary/aromatic N) is 3. The Bertz CT molecular complexity index is 2840. The van der Waals surface area contributed by atoms with Crippen LogP contribution >= 0.6 is 0 Å². The topological polar surface area (TPSA) is 290 Å². The number of allylic oxidation sites excluding steroid dienone is 3. The third kappa shape index (κ3) is 25.2. The van der Waals surface area contributed by atoms with Gasteiger partial charge in [-0.1, -0.05) is 32.9 Å². The fraction of sp³-hybridized carbons (Fsp3) is 0.621. The Labute approximate surface area is 522 Å². The number of methoxy groups -OCH3 is 2. The molecule has 1 aliphatic carbocycles. The third-order valence-electron chi connectivity index (χ3n) is 13.6. The number of hydrogen-bond acceptors (Lipinski definition) is 22. The molecule has 85 heavy (non-hydrogen) atoms. The van der Waals surface area contributed by atoms with Gasteiger partial charge in [0.15, 0.2) is 13.1 Å². The fourth-order valence-electron chi connectivity index (χ4n) is 9.16. The summed E-state index contributed by atoms with van der Waals surface area (Å²) >= 11 is 0. The molecule has 0 bridgehead atoms. The molecule has 5 rings (SSSR count). The molecule has 1 aromatic carbocycles. The van der Waals surface area contributed by atoms with Gasteiger partial charge in [-0.25, -0.2) is 26.2 Å². The van der Waals surface area contributed by atoms with Gasteiger partial charge in [-0.15, -0.1) is 5.06 Å². The van der Waals surface area contributed by atoms with E-state index in [-0.39, 0.29) is 74.6 Å². The Morgan fingerprint density at radius 3 is 1.68 bits per heavy atom. The molecule has 1 saturated heterocycles. The molecular formula is C58H84N3NaO21S2. The number of carbonyl (C=O) groups excluding carboxylic acids is 3. The zero-order valence-corrected chi connectivity index (χ0v) is 53.9. The maximum Gasteiger partial charge on any atom is 1.00 e. The van der Waals surface area contributed by atoms with Gasteiger partial charge in [0.2, 0.25) is 5.36 Å². The number of fused-ring (bicyclic) bond motifs is 2. The van der Waals surface area contributed by atoms with Gasteiger partial charge in [0, 0.05) is 79.6 Å². The minimum Gasteiger partial charge on any atom is -0.748 e. The summed E-state index contributed by atoms with van der Waals surface area (Å²) in [5, 5.41) is 1.31. The summed E-state index contributed by atoms with van der Waals surface area (Å²) in [4.78, 5) is 43.8. The molecule has 0 spiro atoms. The van der Waals surface area contributed by atoms with Crippen LogP contribution in [0, 0.1) is 0 Å². The van der Waals surface area contributed by atoms with Crippen molar-refractivity contribution in [3.8, 4) is 11.3 Å². The molecule has 0 radical (unpaired) electrons. The van der Waals surface area contributed by atoms with Crippen LogP contribution in [0.25, 0.3) is 17.4 Å². The smallest absolute Gasteiger partial charge is 0.748 e. The van der Waals surface area contributed by atoms with Gasteiger partial charge in [0.1, 0.15) is 34.9 Å². The van der Waals surface area contributed by atoms with Crippen molar-refractivity contribution in [1.82, 2.24) is 9.64 Å². The van der Waals surface area contributed by atoms with E-state index in [1.54, 1.807) is 38.2 Å². The average Bonchev–Trinajstić information content (AvgIpc) is 1.70. The Kier molecular flexibility index (Phi) is 32.6. The first-order chi connectivity index (χ1) is 40.2. The van der Waals surface area contributed by atoms with Crippen molar-refractivity contribution in [3.63, 3.8) is 0 Å². The minimum atomic E-state index is -4.95. The Hall–Kier alpha value is -4.04. The summed E-state index contributed by atoms with van der Waals surface area (Å²) < 4.78 is 137. The van der Waals surface area contributed by atoms with E-state index in [1.807, 2.05) is 51.1 Å². The summed E-state index contributed by atoms with van der Waals surface area (Å²) in [6.45, 7) is 16.8. The van der Waals surface area contributed by atoms with Crippen molar-refractivity contribution < 1.29 is 127 Å². The average molecular weight is 1250 g/mol. The first-order valence-corrected chi connectivity index (χ1v) is 31.2. The molecule has 1 aromatic rings. The molecular weight excluding hydrogens is 1160 g/mol. The predicted molar refractivity (Wildman–Crippen MR) is 306 cm³/mol. The second-order valence-corrected chi connectivity index (χ2v) is 23.8. The second-order valence-electron chi connectivity index (χ2n) is 20.9. The van der Waals surface area contributed by atoms with E-state index in [1.165, 1.54) is 18.2 Å². The standard InChI is InChI=1S/C58H85N3O21S2.Na/c1-57(2,3)53-42-45(10-7-11-52-58(4,19-8-12-56(64)82-61-54(62)17-18-55(61)63)49-44-47(84(68,69)70)14-16-50(49)60(52)20-9-41-83(65,66)67)48-15-13-46(43-51(48)81-53)59(21-23-73-29-31-77-37-39-79-35-33-75-27-25-71-5)22-24-74-30-32-78-38-40-80-36-34-76-28-26-72-6;/h7,10-11,13-16,42-44H,8-9,12,17-41H2,1-6H3,(H-,65,66,67,68,69,70);/q;+1/p-1. The molecule has 2 amide bonds. The van der Waals surface area contributed by atoms with Gasteiger partial charge >= 0.3 is 35.5 Å². The summed E-state index contributed by atoms with van der Waals surface area (Å²) in [6.07, 6.45) is 5.23. The Morgan fingerprint density at radius 1 is 0.694 bits per heavy atom. The van der Waals surface area contributed by atoms with Crippen LogP contribution in [-0.4, -0.2) is 207 Å². The van der Waals surface area contributed by atoms with Crippen LogP contribution in [-0.2, 0) is 97.7 Å². The van der Waals surface area contributed by atoms with Gasteiger partial charge in [-0.05, 0) is 73.7 Å². The van der Waals surface area contributed by atoms with Crippen molar-refractivity contribution >= 4 is 49.8 Å². The SMILES string of the molecule is COCCOCCOCCOCCOCC[N+](CCOCCOCCOCCOCCOC)=c1ccc2c(/C=C/C=C3\N(CCCS(=O)(=O)[O-])c4ccc(S(=O)(=O)[O-])cc4C3(C)CCCC(=O)ON3C(=O)CCC3=O)cc(C(C)(C)C)oc-2c1.[Na+]. The van der Waals surface area contributed by atoms with E-state index in [2.05, 4.69) is 4.58 Å². The monoisotopic (exact) mass is 1250 g/mol. The summed E-state index contributed by atoms with van der Waals surface area (Å²) in [5.74, 6) is -1.53. The zero-order valence-electron chi connectivity index (χ0n) is 50.3. The quantitative estimate of drug-likeness (QED) is 0.0253. The molecule has 0 saturated carbocycles. The number of benzene rings is 2. The molecule has 0 aromatic heterocycles. The largest absolute Gasteiger partial charge is 1.00 e. The van der Waals surface area contributed by atoms with Crippen LogP contribution in [0.3, 0.4) is 0 Å². The van der Waals surface area contributed by atoms with Crippen LogP contribution in [0.15, 0.2) is 69.6 Å². The van der Waals surface area contributed by atoms with Crippen molar-refractivity contribution in [2.24, 2.45) is 0 Å². The van der Waals surface area contributed by atoms with E-state index in [0.29, 0.717) is 166 Å². The van der Waals surface area contributed by atoms with E-state index in [4.69, 9.17) is 56.6 Å². The molecule has 24 nitrogen and oxygen atoms in total. The number of carbonyl (C=O) groups is 3.